The van der Waals surface area contributed by atoms with E-state index in [0.717, 1.165) is 0 Å². The zero-order valence-corrected chi connectivity index (χ0v) is 15.9. The van der Waals surface area contributed by atoms with Crippen molar-refractivity contribution in [3.8, 4) is 0 Å². The summed E-state index contributed by atoms with van der Waals surface area (Å²) in [6.45, 7) is 1.82. The predicted molar refractivity (Wildman–Crippen MR) is 101 cm³/mol. The van der Waals surface area contributed by atoms with Crippen LogP contribution in [0.3, 0.4) is 0 Å². The molecule has 0 saturated carbocycles. The molecule has 0 spiro atoms. The van der Waals surface area contributed by atoms with E-state index in [1.165, 1.54) is 11.8 Å². The van der Waals surface area contributed by atoms with Crippen LogP contribution in [-0.2, 0) is 19.2 Å². The Morgan fingerprint density at radius 3 is 2.54 bits per heavy atom. The van der Waals surface area contributed by atoms with Crippen LogP contribution >= 0.6 is 0 Å². The lowest BCUT2D eigenvalue weighted by molar-refractivity contribution is -0.144. The summed E-state index contributed by atoms with van der Waals surface area (Å²) < 4.78 is 0. The number of nitrogens with one attached hydrogen (secondary N) is 2. The summed E-state index contributed by atoms with van der Waals surface area (Å²) in [7, 11) is 0. The van der Waals surface area contributed by atoms with Gasteiger partial charge in [0.25, 0.3) is 0 Å². The third kappa shape index (κ3) is 7.39. The van der Waals surface area contributed by atoms with Crippen LogP contribution in [0.1, 0.15) is 32.6 Å². The maximum absolute atomic E-state index is 12.5. The van der Waals surface area contributed by atoms with Crippen LogP contribution in [0.4, 0.5) is 0 Å². The van der Waals surface area contributed by atoms with Crippen LogP contribution in [0.15, 0.2) is 4.99 Å². The maximum Gasteiger partial charge on any atom is 0.326 e. The molecule has 9 N–H and O–H groups in total. The number of nitrogens with two attached hydrogens (primary N) is 3. The van der Waals surface area contributed by atoms with Crippen molar-refractivity contribution < 1.29 is 24.3 Å². The second kappa shape index (κ2) is 11.1. The van der Waals surface area contributed by atoms with E-state index in [1.807, 2.05) is 0 Å². The van der Waals surface area contributed by atoms with Gasteiger partial charge in [-0.15, -0.1) is 0 Å². The van der Waals surface area contributed by atoms with Gasteiger partial charge in [0.2, 0.25) is 17.7 Å². The fraction of sp³-hybridized carbons (Fsp3) is 0.688. The molecule has 1 heterocycles. The first kappa shape index (κ1) is 23.1. The fourth-order valence-corrected chi connectivity index (χ4v) is 2.79. The SMILES string of the molecule is CC(N)C(=O)NCC(=O)N1CCCC1C(=O)NC(CCCN=C(N)N)C(=O)O. The molecule has 1 aliphatic heterocycles. The third-order valence-electron chi connectivity index (χ3n) is 4.26. The molecular weight excluding hydrogens is 370 g/mol. The summed E-state index contributed by atoms with van der Waals surface area (Å²) >= 11 is 0. The molecule has 0 aliphatic carbocycles. The highest BCUT2D eigenvalue weighted by Gasteiger charge is 2.35. The van der Waals surface area contributed by atoms with Gasteiger partial charge in [-0.05, 0) is 32.6 Å². The zero-order chi connectivity index (χ0) is 21.3. The molecule has 0 aromatic carbocycles. The Morgan fingerprint density at radius 1 is 1.29 bits per heavy atom. The third-order valence-corrected chi connectivity index (χ3v) is 4.26. The highest BCUT2D eigenvalue weighted by Crippen LogP contribution is 2.18. The number of hydrogen-bond acceptors (Lipinski definition) is 6. The first-order valence-corrected chi connectivity index (χ1v) is 9.04. The van der Waals surface area contributed by atoms with Gasteiger partial charge in [-0.2, -0.15) is 0 Å². The molecule has 1 rings (SSSR count). The van der Waals surface area contributed by atoms with E-state index < -0.39 is 41.8 Å². The largest absolute Gasteiger partial charge is 0.480 e. The Kier molecular flexibility index (Phi) is 9.15. The topological polar surface area (TPSA) is 206 Å². The molecule has 1 fully saturated rings. The Balaban J connectivity index is 2.61. The van der Waals surface area contributed by atoms with Crippen molar-refractivity contribution in [3.05, 3.63) is 0 Å². The van der Waals surface area contributed by atoms with Crippen molar-refractivity contribution in [1.82, 2.24) is 15.5 Å². The number of carboxylic acid groups (broad SMARTS) is 1. The molecule has 1 saturated heterocycles. The van der Waals surface area contributed by atoms with Gasteiger partial charge in [0.05, 0.1) is 12.6 Å². The van der Waals surface area contributed by atoms with Gasteiger partial charge in [-0.1, -0.05) is 0 Å². The lowest BCUT2D eigenvalue weighted by atomic mass is 10.1. The van der Waals surface area contributed by atoms with Gasteiger partial charge in [0.15, 0.2) is 5.96 Å². The number of aliphatic imine (C=N–C) groups is 1. The Bertz CT molecular complexity index is 619. The van der Waals surface area contributed by atoms with E-state index >= 15 is 0 Å². The quantitative estimate of drug-likeness (QED) is 0.127. The summed E-state index contributed by atoms with van der Waals surface area (Å²) in [5, 5.41) is 14.2. The van der Waals surface area contributed by atoms with Crippen LogP contribution in [0.25, 0.3) is 0 Å². The van der Waals surface area contributed by atoms with Crippen LogP contribution in [-0.4, -0.2) is 77.4 Å². The monoisotopic (exact) mass is 399 g/mol. The molecular formula is C16H29N7O5. The number of carboxylic acids is 1. The van der Waals surface area contributed by atoms with Gasteiger partial charge in [-0.25, -0.2) is 4.79 Å². The smallest absolute Gasteiger partial charge is 0.326 e. The minimum atomic E-state index is -1.18. The molecule has 3 amide bonds. The van der Waals surface area contributed by atoms with Crippen molar-refractivity contribution in [2.24, 2.45) is 22.2 Å². The zero-order valence-electron chi connectivity index (χ0n) is 15.9. The van der Waals surface area contributed by atoms with E-state index in [9.17, 15) is 24.3 Å². The molecule has 0 radical (unpaired) electrons. The fourth-order valence-electron chi connectivity index (χ4n) is 2.79. The van der Waals surface area contributed by atoms with Crippen molar-refractivity contribution in [3.63, 3.8) is 0 Å². The van der Waals surface area contributed by atoms with Gasteiger partial charge in [-0.3, -0.25) is 19.4 Å². The van der Waals surface area contributed by atoms with E-state index in [2.05, 4.69) is 15.6 Å². The van der Waals surface area contributed by atoms with Crippen LogP contribution < -0.4 is 27.8 Å². The van der Waals surface area contributed by atoms with Crippen LogP contribution in [0.2, 0.25) is 0 Å². The van der Waals surface area contributed by atoms with E-state index in [4.69, 9.17) is 17.2 Å². The highest BCUT2D eigenvalue weighted by molar-refractivity contribution is 5.92. The highest BCUT2D eigenvalue weighted by atomic mass is 16.4. The number of amides is 3. The summed E-state index contributed by atoms with van der Waals surface area (Å²) in [6, 6.07) is -2.64. The predicted octanol–water partition coefficient (Wildman–Crippen LogP) is -2.94. The van der Waals surface area contributed by atoms with Crippen LogP contribution in [0, 0.1) is 0 Å². The van der Waals surface area contributed by atoms with E-state index in [1.54, 1.807) is 0 Å². The number of likely N-dealkylation sites (tertiary alicyclic amines) is 1. The molecule has 28 heavy (non-hydrogen) atoms. The summed E-state index contributed by atoms with van der Waals surface area (Å²) in [5.41, 5.74) is 15.8. The van der Waals surface area contributed by atoms with Crippen molar-refractivity contribution in [2.45, 2.75) is 50.7 Å². The number of nitrogens with zero attached hydrogens (tertiary/aromatic N) is 2. The minimum Gasteiger partial charge on any atom is -0.480 e. The number of hydrogen-bond donors (Lipinski definition) is 6. The van der Waals surface area contributed by atoms with Gasteiger partial charge in [0, 0.05) is 13.1 Å². The number of carbonyl (C=O) groups is 4. The molecule has 0 aromatic rings. The normalized spacial score (nSPS) is 18.1. The maximum atomic E-state index is 12.5. The van der Waals surface area contributed by atoms with Crippen molar-refractivity contribution in [1.29, 1.82) is 0 Å². The molecule has 12 nitrogen and oxygen atoms in total. The molecule has 3 unspecified atom stereocenters. The molecule has 12 heteroatoms. The summed E-state index contributed by atoms with van der Waals surface area (Å²) in [6.07, 6.45) is 1.53. The average molecular weight is 399 g/mol. The molecule has 0 aromatic heterocycles. The van der Waals surface area contributed by atoms with Crippen LogP contribution in [0.5, 0.6) is 0 Å². The second-order valence-electron chi connectivity index (χ2n) is 6.60. The molecule has 158 valence electrons. The molecule has 0 bridgehead atoms. The lowest BCUT2D eigenvalue weighted by Crippen LogP contribution is -2.53. The second-order valence-corrected chi connectivity index (χ2v) is 6.60. The average Bonchev–Trinajstić information content (AvgIpc) is 3.11. The lowest BCUT2D eigenvalue weighted by Gasteiger charge is -2.25. The standard InChI is InChI=1S/C16H29N7O5/c1-9(17)13(25)21-8-12(24)23-7-3-5-11(23)14(26)22-10(15(27)28)4-2-6-20-16(18)19/h9-11H,2-8,17H2,1H3,(H,21,25)(H,22,26)(H,27,28)(H4,18,19,20). The molecule has 1 aliphatic rings. The molecule has 3 atom stereocenters. The Hall–Kier alpha value is -2.89. The van der Waals surface area contributed by atoms with Crippen molar-refractivity contribution >= 4 is 29.7 Å². The minimum absolute atomic E-state index is 0.0906. The van der Waals surface area contributed by atoms with Gasteiger partial charge < -0.3 is 37.8 Å². The number of aliphatic carboxylic acids is 1. The van der Waals surface area contributed by atoms with Gasteiger partial charge in [0.1, 0.15) is 12.1 Å². The van der Waals surface area contributed by atoms with E-state index in [-0.39, 0.29) is 25.5 Å². The Morgan fingerprint density at radius 2 is 1.96 bits per heavy atom. The van der Waals surface area contributed by atoms with E-state index in [0.29, 0.717) is 25.8 Å². The number of carbonyl (C=O) groups excluding carboxylic acids is 3. The summed E-state index contributed by atoms with van der Waals surface area (Å²) in [5.74, 6) is -2.71. The van der Waals surface area contributed by atoms with Gasteiger partial charge >= 0.3 is 5.97 Å². The Labute approximate surface area is 162 Å². The van der Waals surface area contributed by atoms with Crippen molar-refractivity contribution in [2.75, 3.05) is 19.6 Å². The summed E-state index contributed by atoms with van der Waals surface area (Å²) in [4.78, 5) is 52.8. The first-order valence-electron chi connectivity index (χ1n) is 9.04. The number of guanidine groups is 1. The first-order chi connectivity index (χ1) is 13.1. The number of rotatable bonds is 10.